The number of carbonyl (C=O) groups is 6. The third-order valence-electron chi connectivity index (χ3n) is 22.8. The van der Waals surface area contributed by atoms with Gasteiger partial charge in [0.1, 0.15) is 66.8 Å². The predicted octanol–water partition coefficient (Wildman–Crippen LogP) is 3.24. The molecule has 9 aliphatic heterocycles. The molecule has 3 aromatic heterocycles. The normalized spacial score (nSPS) is 35.2. The Hall–Kier alpha value is -8.46. The topological polar surface area (TPSA) is 445 Å². The number of alkyl halides is 10. The molecule has 0 aliphatic carbocycles. The van der Waals surface area contributed by atoms with Crippen molar-refractivity contribution in [3.8, 4) is 0 Å². The van der Waals surface area contributed by atoms with Gasteiger partial charge in [0.25, 0.3) is 5.56 Å². The summed E-state index contributed by atoms with van der Waals surface area (Å²) in [6, 6.07) is 3.68. The van der Waals surface area contributed by atoms with Crippen molar-refractivity contribution in [2.75, 3.05) is 64.6 Å². The largest absolute Gasteiger partial charge is 0.393 e. The van der Waals surface area contributed by atoms with Crippen LogP contribution in [-0.2, 0) is 57.2 Å². The number of H-pyrrole nitrogens is 1. The number of aliphatic hydroxyl groups excluding tert-OH is 5. The van der Waals surface area contributed by atoms with Gasteiger partial charge < -0.3 is 65.4 Å². The van der Waals surface area contributed by atoms with Crippen molar-refractivity contribution in [2.45, 2.75) is 221 Å². The van der Waals surface area contributed by atoms with Crippen molar-refractivity contribution in [1.29, 1.82) is 0 Å². The summed E-state index contributed by atoms with van der Waals surface area (Å²) in [5.74, 6) is -5.72. The van der Waals surface area contributed by atoms with Crippen LogP contribution in [0.3, 0.4) is 0 Å². The fourth-order valence-electron chi connectivity index (χ4n) is 14.5. The van der Waals surface area contributed by atoms with Crippen LogP contribution in [0.2, 0.25) is 0 Å². The van der Waals surface area contributed by atoms with Gasteiger partial charge in [-0.3, -0.25) is 66.9 Å². The van der Waals surface area contributed by atoms with Crippen molar-refractivity contribution in [3.63, 3.8) is 0 Å². The summed E-state index contributed by atoms with van der Waals surface area (Å²) in [5.41, 5.74) is -0.419. The number of anilines is 2. The molecule has 0 radical (unpaired) electrons. The van der Waals surface area contributed by atoms with Crippen molar-refractivity contribution < 1.29 is 127 Å². The number of rotatable bonds is 18. The van der Waals surface area contributed by atoms with Crippen LogP contribution in [0, 0.1) is 29.6 Å². The number of ether oxygens (including phenoxy) is 6. The Morgan fingerprint density at radius 3 is 0.982 bits per heavy atom. The SMILES string of the molecule is CCC1(CC)O[C@@H](N2C=CC(=O)CC2=O)[C@@H](F)[C@@H]1C.CC[C@@]1(CF)O[C@@H](N2C=CC(=O)CC2=O)[C@@H](F)[C@@H]1C.CC[C@@]1(CF)O[C@@H](n2ccc(N)nc2=O)[C@@H](F)[C@@H]1C.C[C@H]1[C@H](F)[C@H](N2C=CC(=O)CC2=O)O[C@@]1(CO)CF.C[C@H]1[C@H](F)[C@H](n2ccc(=O)[nH]c2=O)OC1(CO)CO.Nc1ccn([C@@H]2O[C@@](CO)(CF)[C@@H](O)[C@@H]2F)c(=O)n1. The van der Waals surface area contributed by atoms with Crippen molar-refractivity contribution in [3.05, 3.63) is 115 Å². The first-order valence-corrected chi connectivity index (χ1v) is 36.5. The Morgan fingerprint density at radius 1 is 0.412 bits per heavy atom. The standard InChI is InChI=1S/C14H20FNO3.C13H17F2NO3.C12H17F2N3O2.C12H15F2NO4.C11H15FN2O5.C10H13F2N3O4/c1-4-14(5-2)9(3)12(15)13(19-14)16-7-6-10(17)8-11(16)18;1-3-13(7-14)8(2)11(15)12(19-13)16-5-4-9(17)6-10(16)18;1-3-12(6-13)7(2)9(14)10(19-12)17-5-4-8(15)16-11(17)18;1-7-10(14)11(19-12(7,5-13)6-16)15-3-2-8(17)4-9(15)18;1-6-8(12)9(19-11(6,4-15)5-16)14-3-2-7(17)13-10(14)18;11-3-10(4-16)7(17)6(12)8(19-10)15-2-1-5(13)14-9(15)18/h6-7,9,12-13H,4-5,8H2,1-3H3;4-5,8,11-12H,3,6-7H2,1-2H3;4-5,7,9-10H,3,6H2,1-2H3,(H2,15,16,18);2-3,7,10-11,16H,4-6H2,1H3;2-3,6,8-9,15-16H,4-5H2,1H3,(H,13,17,18);1-2,6-8,16-17H,3-4H2,(H2,13,14,18)/t9-,12-,13+;8-,11-,12+,13-;7-,9-,10+,12-;7-,10-,11+,12+;6-,8-,9+;6-,7-,8+,10+/m000000/s1. The van der Waals surface area contributed by atoms with Crippen molar-refractivity contribution >= 4 is 46.7 Å². The first-order chi connectivity index (χ1) is 53.7. The van der Waals surface area contributed by atoms with Crippen LogP contribution in [-0.4, -0.2) is 253 Å². The number of nitrogens with zero attached hydrogens (tertiary/aromatic N) is 8. The number of nitrogen functional groups attached to an aromatic ring is 2. The lowest BCUT2D eigenvalue weighted by molar-refractivity contribution is -0.160. The molecule has 0 saturated carbocycles. The van der Waals surface area contributed by atoms with Crippen LogP contribution in [0.5, 0.6) is 0 Å². The smallest absolute Gasteiger partial charge is 0.351 e. The Labute approximate surface area is 645 Å². The molecule has 6 fully saturated rings. The molecule has 0 bridgehead atoms. The quantitative estimate of drug-likeness (QED) is 0.0669. The zero-order valence-corrected chi connectivity index (χ0v) is 63.7. The molecule has 0 aromatic carbocycles. The maximum absolute atomic E-state index is 14.5. The molecule has 12 heterocycles. The summed E-state index contributed by atoms with van der Waals surface area (Å²) < 4.78 is 173. The highest BCUT2D eigenvalue weighted by Crippen LogP contribution is 2.49. The van der Waals surface area contributed by atoms with Gasteiger partial charge in [-0.25, -0.2) is 58.3 Å². The molecule has 636 valence electrons. The van der Waals surface area contributed by atoms with E-state index in [0.29, 0.717) is 25.7 Å². The van der Waals surface area contributed by atoms with E-state index in [-0.39, 0.29) is 54.2 Å². The van der Waals surface area contributed by atoms with E-state index in [4.69, 9.17) is 45.0 Å². The van der Waals surface area contributed by atoms with E-state index < -0.39 is 231 Å². The third kappa shape index (κ3) is 18.4. The number of ketones is 3. The van der Waals surface area contributed by atoms with E-state index in [1.165, 1.54) is 61.6 Å². The zero-order chi connectivity index (χ0) is 85.2. The fourth-order valence-corrected chi connectivity index (χ4v) is 14.5. The van der Waals surface area contributed by atoms with Crippen LogP contribution in [0.4, 0.5) is 55.5 Å². The average molecular weight is 1640 g/mol. The number of nitrogens with one attached hydrogen (secondary N) is 1. The highest BCUT2D eigenvalue weighted by Gasteiger charge is 2.61. The highest BCUT2D eigenvalue weighted by molar-refractivity contribution is 6.07. The first kappa shape index (κ1) is 92.7. The molecule has 6 saturated heterocycles. The molecule has 42 heteroatoms. The van der Waals surface area contributed by atoms with Gasteiger partial charge in [0, 0.05) is 72.8 Å². The molecule has 3 aromatic rings. The number of aromatic amines is 1. The molecule has 10 N–H and O–H groups in total. The van der Waals surface area contributed by atoms with Crippen molar-refractivity contribution in [2.24, 2.45) is 29.6 Å². The van der Waals surface area contributed by atoms with Gasteiger partial charge in [0.2, 0.25) is 17.7 Å². The second-order valence-electron chi connectivity index (χ2n) is 29.0. The van der Waals surface area contributed by atoms with Gasteiger partial charge in [-0.05, 0) is 56.0 Å². The molecule has 12 rings (SSSR count). The van der Waals surface area contributed by atoms with Gasteiger partial charge in [0.05, 0.1) is 51.3 Å². The van der Waals surface area contributed by atoms with Crippen LogP contribution < -0.4 is 34.1 Å². The van der Waals surface area contributed by atoms with Gasteiger partial charge in [-0.1, -0.05) is 62.3 Å². The lowest BCUT2D eigenvalue weighted by Crippen LogP contribution is -2.47. The van der Waals surface area contributed by atoms with E-state index in [1.807, 2.05) is 25.8 Å². The Balaban J connectivity index is 0.000000189. The Morgan fingerprint density at radius 2 is 0.693 bits per heavy atom. The molecule has 22 atom stereocenters. The second kappa shape index (κ2) is 38.1. The number of carbonyl (C=O) groups excluding carboxylic acids is 6. The fraction of sp³-hybridized carbons (Fsp3) is 0.667. The summed E-state index contributed by atoms with van der Waals surface area (Å²) in [5, 5.41) is 46.5. The minimum absolute atomic E-state index is 0.0509. The Kier molecular flexibility index (Phi) is 31.0. The van der Waals surface area contributed by atoms with E-state index in [0.717, 1.165) is 54.2 Å². The maximum atomic E-state index is 14.5. The predicted molar refractivity (Wildman–Crippen MR) is 380 cm³/mol. The summed E-state index contributed by atoms with van der Waals surface area (Å²) in [6.45, 7) is 8.61. The van der Waals surface area contributed by atoms with E-state index in [9.17, 15) is 112 Å². The minimum Gasteiger partial charge on any atom is -0.393 e. The number of nitrogens with two attached hydrogens (primary N) is 2. The lowest BCUT2D eigenvalue weighted by atomic mass is 9.83. The van der Waals surface area contributed by atoms with E-state index >= 15 is 0 Å². The summed E-state index contributed by atoms with van der Waals surface area (Å²) in [7, 11) is 0. The molecular formula is C72H97F10N11O21. The number of aromatic nitrogens is 6. The third-order valence-corrected chi connectivity index (χ3v) is 22.8. The maximum Gasteiger partial charge on any atom is 0.351 e. The monoisotopic (exact) mass is 1640 g/mol. The molecule has 9 aliphatic rings. The summed E-state index contributed by atoms with van der Waals surface area (Å²) in [4.78, 5) is 127. The van der Waals surface area contributed by atoms with Crippen LogP contribution in [0.25, 0.3) is 0 Å². The number of allylic oxidation sites excluding steroid dienone is 3. The molecular weight excluding hydrogens is 1540 g/mol. The summed E-state index contributed by atoms with van der Waals surface area (Å²) >= 11 is 0. The van der Waals surface area contributed by atoms with E-state index in [1.54, 1.807) is 27.7 Å². The highest BCUT2D eigenvalue weighted by atomic mass is 19.2. The lowest BCUT2D eigenvalue weighted by Gasteiger charge is -2.32. The van der Waals surface area contributed by atoms with Gasteiger partial charge in [-0.15, -0.1) is 0 Å². The Bertz CT molecular complexity index is 3930. The van der Waals surface area contributed by atoms with Gasteiger partial charge in [-0.2, -0.15) is 9.97 Å². The molecule has 0 unspecified atom stereocenters. The first-order valence-electron chi connectivity index (χ1n) is 36.5. The summed E-state index contributed by atoms with van der Waals surface area (Å²) in [6.07, 6.45) is -6.64. The number of hydrogen-bond donors (Lipinski definition) is 8. The van der Waals surface area contributed by atoms with Crippen LogP contribution >= 0.6 is 0 Å². The van der Waals surface area contributed by atoms with E-state index in [2.05, 4.69) is 9.97 Å². The minimum atomic E-state index is -2.08. The molecule has 114 heavy (non-hydrogen) atoms. The molecule has 32 nitrogen and oxygen atoms in total. The van der Waals surface area contributed by atoms with Gasteiger partial charge in [0.15, 0.2) is 97.3 Å². The number of amides is 3. The second-order valence-corrected chi connectivity index (χ2v) is 29.0. The van der Waals surface area contributed by atoms with Crippen molar-refractivity contribution in [1.82, 2.24) is 43.4 Å². The average Bonchev–Trinajstić information content (AvgIpc) is 1.65. The van der Waals surface area contributed by atoms with Crippen LogP contribution in [0.15, 0.2) is 92.8 Å². The van der Waals surface area contributed by atoms with Crippen LogP contribution in [0.1, 0.15) is 126 Å². The number of halogens is 10. The molecule has 3 amide bonds. The number of hydrogen-bond acceptors (Lipinski definition) is 25. The number of aliphatic hydroxyl groups is 5. The molecule has 0 spiro atoms. The zero-order valence-electron chi connectivity index (χ0n) is 63.7. The van der Waals surface area contributed by atoms with Gasteiger partial charge >= 0.3 is 17.1 Å².